The number of halogens is 1. The second kappa shape index (κ2) is 3.57. The fourth-order valence-corrected chi connectivity index (χ4v) is 5.00. The molecular formula is C16H20FN. The largest absolute Gasteiger partial charge is 0.324 e. The van der Waals surface area contributed by atoms with E-state index in [1.54, 1.807) is 6.07 Å². The first-order valence-corrected chi connectivity index (χ1v) is 7.18. The normalized spacial score (nSPS) is 41.8. The fraction of sp³-hybridized carbons (Fsp3) is 0.625. The summed E-state index contributed by atoms with van der Waals surface area (Å²) in [5.41, 5.74) is 8.22. The summed E-state index contributed by atoms with van der Waals surface area (Å²) >= 11 is 0. The van der Waals surface area contributed by atoms with Crippen LogP contribution in [-0.4, -0.2) is 0 Å². The van der Waals surface area contributed by atoms with Crippen LogP contribution in [0.25, 0.3) is 0 Å². The first-order valence-electron chi connectivity index (χ1n) is 7.18. The van der Waals surface area contributed by atoms with E-state index in [0.29, 0.717) is 5.92 Å². The Balaban J connectivity index is 1.61. The van der Waals surface area contributed by atoms with Crippen LogP contribution in [0.1, 0.15) is 36.4 Å². The first-order chi connectivity index (χ1) is 8.66. The number of benzene rings is 1. The average Bonchev–Trinajstić information content (AvgIpc) is 2.79. The van der Waals surface area contributed by atoms with Crippen molar-refractivity contribution < 1.29 is 4.39 Å². The zero-order chi connectivity index (χ0) is 12.4. The van der Waals surface area contributed by atoms with Gasteiger partial charge in [0.1, 0.15) is 5.82 Å². The smallest absolute Gasteiger partial charge is 0.128 e. The van der Waals surface area contributed by atoms with Crippen molar-refractivity contribution in [2.24, 2.45) is 35.3 Å². The lowest BCUT2D eigenvalue weighted by Crippen LogP contribution is -2.19. The van der Waals surface area contributed by atoms with Crippen LogP contribution in [-0.2, 0) is 0 Å². The van der Waals surface area contributed by atoms with Crippen molar-refractivity contribution in [3.63, 3.8) is 0 Å². The third kappa shape index (κ3) is 1.36. The highest BCUT2D eigenvalue weighted by Gasteiger charge is 2.66. The van der Waals surface area contributed by atoms with Crippen molar-refractivity contribution in [2.45, 2.75) is 32.2 Å². The molecule has 0 spiro atoms. The maximum absolute atomic E-state index is 13.9. The van der Waals surface area contributed by atoms with E-state index in [1.807, 2.05) is 19.1 Å². The maximum Gasteiger partial charge on any atom is 0.128 e. The van der Waals surface area contributed by atoms with E-state index >= 15 is 0 Å². The van der Waals surface area contributed by atoms with Gasteiger partial charge in [-0.2, -0.15) is 0 Å². The molecule has 0 aliphatic heterocycles. The molecular weight excluding hydrogens is 225 g/mol. The Morgan fingerprint density at radius 2 is 1.89 bits per heavy atom. The summed E-state index contributed by atoms with van der Waals surface area (Å²) in [5, 5.41) is 0. The summed E-state index contributed by atoms with van der Waals surface area (Å²) in [6.07, 6.45) is 4.21. The zero-order valence-corrected chi connectivity index (χ0v) is 10.8. The van der Waals surface area contributed by atoms with Crippen LogP contribution in [0.15, 0.2) is 18.2 Å². The minimum absolute atomic E-state index is 0.0803. The molecule has 0 aromatic heterocycles. The van der Waals surface area contributed by atoms with Crippen LogP contribution in [0.3, 0.4) is 0 Å². The van der Waals surface area contributed by atoms with E-state index < -0.39 is 0 Å². The van der Waals surface area contributed by atoms with Gasteiger partial charge in [0.15, 0.2) is 0 Å². The molecule has 4 rings (SSSR count). The van der Waals surface area contributed by atoms with Crippen LogP contribution in [0.4, 0.5) is 4.39 Å². The quantitative estimate of drug-likeness (QED) is 0.848. The lowest BCUT2D eigenvalue weighted by molar-refractivity contribution is 0.409. The van der Waals surface area contributed by atoms with Gasteiger partial charge in [-0.05, 0) is 61.8 Å². The second-order valence-electron chi connectivity index (χ2n) is 6.62. The molecule has 5 unspecified atom stereocenters. The molecule has 0 heterocycles. The van der Waals surface area contributed by atoms with Gasteiger partial charge in [-0.1, -0.05) is 17.7 Å². The van der Waals surface area contributed by atoms with Crippen molar-refractivity contribution in [3.05, 3.63) is 35.1 Å². The van der Waals surface area contributed by atoms with Gasteiger partial charge in [-0.15, -0.1) is 0 Å². The lowest BCUT2D eigenvalue weighted by atomic mass is 9.92. The van der Waals surface area contributed by atoms with Gasteiger partial charge in [-0.25, -0.2) is 4.39 Å². The van der Waals surface area contributed by atoms with Crippen LogP contribution in [0.5, 0.6) is 0 Å². The van der Waals surface area contributed by atoms with E-state index in [2.05, 4.69) is 0 Å². The number of fused-ring (bicyclic) bond motifs is 5. The summed E-state index contributed by atoms with van der Waals surface area (Å²) in [6, 6.07) is 5.25. The third-order valence-electron chi connectivity index (χ3n) is 5.72. The van der Waals surface area contributed by atoms with Gasteiger partial charge >= 0.3 is 0 Å². The summed E-state index contributed by atoms with van der Waals surface area (Å²) in [7, 11) is 0. The van der Waals surface area contributed by atoms with E-state index in [1.165, 1.54) is 19.3 Å². The SMILES string of the molecule is Cc1ccc(F)c(C(N)C2C3C4CCC(C4)C32)c1. The van der Waals surface area contributed by atoms with E-state index in [4.69, 9.17) is 5.73 Å². The number of nitrogens with two attached hydrogens (primary N) is 1. The molecule has 3 aliphatic carbocycles. The zero-order valence-electron chi connectivity index (χ0n) is 10.8. The van der Waals surface area contributed by atoms with Crippen LogP contribution in [0, 0.1) is 42.3 Å². The van der Waals surface area contributed by atoms with E-state index in [0.717, 1.165) is 34.8 Å². The Morgan fingerprint density at radius 1 is 1.22 bits per heavy atom. The molecule has 2 bridgehead atoms. The van der Waals surface area contributed by atoms with Gasteiger partial charge in [0.05, 0.1) is 0 Å². The highest BCUT2D eigenvalue weighted by molar-refractivity contribution is 5.30. The molecule has 1 aromatic rings. The molecule has 96 valence electrons. The fourth-order valence-electron chi connectivity index (χ4n) is 5.00. The van der Waals surface area contributed by atoms with Crippen LogP contribution < -0.4 is 5.73 Å². The van der Waals surface area contributed by atoms with E-state index in [-0.39, 0.29) is 11.9 Å². The molecule has 2 heteroatoms. The average molecular weight is 245 g/mol. The number of hydrogen-bond acceptors (Lipinski definition) is 1. The predicted molar refractivity (Wildman–Crippen MR) is 69.4 cm³/mol. The molecule has 3 fully saturated rings. The van der Waals surface area contributed by atoms with Crippen molar-refractivity contribution in [1.29, 1.82) is 0 Å². The van der Waals surface area contributed by atoms with Gasteiger partial charge in [0, 0.05) is 11.6 Å². The first kappa shape index (κ1) is 11.0. The molecule has 5 atom stereocenters. The molecule has 3 saturated carbocycles. The Bertz CT molecular complexity index is 482. The molecule has 2 N–H and O–H groups in total. The van der Waals surface area contributed by atoms with Crippen molar-refractivity contribution in [1.82, 2.24) is 0 Å². The Kier molecular flexibility index (Phi) is 2.18. The Labute approximate surface area is 108 Å². The van der Waals surface area contributed by atoms with Crippen LogP contribution in [0.2, 0.25) is 0 Å². The number of rotatable bonds is 2. The summed E-state index contributed by atoms with van der Waals surface area (Å²) in [6.45, 7) is 2.01. The Morgan fingerprint density at radius 3 is 2.56 bits per heavy atom. The summed E-state index contributed by atoms with van der Waals surface area (Å²) in [4.78, 5) is 0. The predicted octanol–water partition coefficient (Wildman–Crippen LogP) is 3.43. The number of hydrogen-bond donors (Lipinski definition) is 1. The number of aryl methyl sites for hydroxylation is 1. The second-order valence-corrected chi connectivity index (χ2v) is 6.62. The van der Waals surface area contributed by atoms with Crippen molar-refractivity contribution >= 4 is 0 Å². The van der Waals surface area contributed by atoms with Gasteiger partial charge in [0.2, 0.25) is 0 Å². The highest BCUT2D eigenvalue weighted by Crippen LogP contribution is 2.71. The monoisotopic (exact) mass is 245 g/mol. The van der Waals surface area contributed by atoms with Crippen molar-refractivity contribution in [3.8, 4) is 0 Å². The minimum Gasteiger partial charge on any atom is -0.324 e. The maximum atomic E-state index is 13.9. The van der Waals surface area contributed by atoms with Crippen LogP contribution >= 0.6 is 0 Å². The molecule has 1 nitrogen and oxygen atoms in total. The minimum atomic E-state index is -0.120. The summed E-state index contributed by atoms with van der Waals surface area (Å²) in [5.74, 6) is 3.89. The third-order valence-corrected chi connectivity index (χ3v) is 5.72. The van der Waals surface area contributed by atoms with Gasteiger partial charge in [0.25, 0.3) is 0 Å². The lowest BCUT2D eigenvalue weighted by Gasteiger charge is -2.17. The molecule has 18 heavy (non-hydrogen) atoms. The molecule has 0 amide bonds. The van der Waals surface area contributed by atoms with E-state index in [9.17, 15) is 4.39 Å². The van der Waals surface area contributed by atoms with Gasteiger partial charge < -0.3 is 5.73 Å². The molecule has 0 saturated heterocycles. The molecule has 1 aromatic carbocycles. The summed E-state index contributed by atoms with van der Waals surface area (Å²) < 4.78 is 13.9. The topological polar surface area (TPSA) is 26.0 Å². The van der Waals surface area contributed by atoms with Gasteiger partial charge in [-0.3, -0.25) is 0 Å². The molecule has 0 radical (unpaired) electrons. The molecule has 3 aliphatic rings. The van der Waals surface area contributed by atoms with Crippen molar-refractivity contribution in [2.75, 3.05) is 0 Å². The standard InChI is InChI=1S/C16H20FN/c1-8-2-5-12(17)11(6-8)16(18)15-13-9-3-4-10(7-9)14(13)15/h2,5-6,9-10,13-16H,3-4,7,18H2,1H3. The highest BCUT2D eigenvalue weighted by atomic mass is 19.1. The Hall–Kier alpha value is -0.890.